The summed E-state index contributed by atoms with van der Waals surface area (Å²) >= 11 is 1.54. The highest BCUT2D eigenvalue weighted by molar-refractivity contribution is 7.99. The van der Waals surface area contributed by atoms with Gasteiger partial charge in [-0.3, -0.25) is 10.1 Å². The third kappa shape index (κ3) is 4.60. The summed E-state index contributed by atoms with van der Waals surface area (Å²) in [5.41, 5.74) is 0.0946. The fraction of sp³-hybridized carbons (Fsp3) is 0.545. The van der Waals surface area contributed by atoms with Gasteiger partial charge in [-0.05, 0) is 18.6 Å². The Bertz CT molecular complexity index is 359. The van der Waals surface area contributed by atoms with Crippen LogP contribution in [0.5, 0.6) is 0 Å². The summed E-state index contributed by atoms with van der Waals surface area (Å²) in [7, 11) is 0. The van der Waals surface area contributed by atoms with Crippen LogP contribution in [-0.4, -0.2) is 22.2 Å². The first-order valence-electron chi connectivity index (χ1n) is 5.70. The lowest BCUT2D eigenvalue weighted by atomic mass is 10.4. The zero-order valence-corrected chi connectivity index (χ0v) is 10.9. The Morgan fingerprint density at radius 1 is 1.41 bits per heavy atom. The lowest BCUT2D eigenvalue weighted by Gasteiger charge is -2.06. The number of nitro groups is 1. The molecule has 0 saturated heterocycles. The Labute approximate surface area is 105 Å². The van der Waals surface area contributed by atoms with Gasteiger partial charge < -0.3 is 5.32 Å². The average molecular weight is 255 g/mol. The van der Waals surface area contributed by atoms with E-state index in [-0.39, 0.29) is 10.6 Å². The van der Waals surface area contributed by atoms with Crippen LogP contribution in [0.15, 0.2) is 17.2 Å². The molecule has 0 radical (unpaired) electrons. The molecule has 0 amide bonds. The molecule has 5 nitrogen and oxygen atoms in total. The second kappa shape index (κ2) is 7.11. The topological polar surface area (TPSA) is 68.1 Å². The van der Waals surface area contributed by atoms with Crippen molar-refractivity contribution < 1.29 is 4.92 Å². The van der Waals surface area contributed by atoms with Gasteiger partial charge in [0.05, 0.1) is 11.0 Å². The molecule has 0 fully saturated rings. The van der Waals surface area contributed by atoms with Crippen molar-refractivity contribution in [2.24, 2.45) is 0 Å². The largest absolute Gasteiger partial charge is 0.370 e. The van der Waals surface area contributed by atoms with Crippen molar-refractivity contribution in [3.05, 3.63) is 22.2 Å². The molecule has 0 aromatic carbocycles. The van der Waals surface area contributed by atoms with E-state index >= 15 is 0 Å². The lowest BCUT2D eigenvalue weighted by molar-refractivity contribution is -0.385. The normalized spacial score (nSPS) is 10.2. The molecule has 94 valence electrons. The van der Waals surface area contributed by atoms with Crippen LogP contribution >= 0.6 is 11.8 Å². The summed E-state index contributed by atoms with van der Waals surface area (Å²) in [6, 6.07) is 3.00. The number of nitrogens with zero attached hydrogens (tertiary/aromatic N) is 2. The molecule has 0 spiro atoms. The first-order valence-corrected chi connectivity index (χ1v) is 6.69. The summed E-state index contributed by atoms with van der Waals surface area (Å²) in [4.78, 5) is 14.8. The highest BCUT2D eigenvalue weighted by Crippen LogP contribution is 2.24. The van der Waals surface area contributed by atoms with Crippen molar-refractivity contribution in [3.8, 4) is 0 Å². The monoisotopic (exact) mass is 255 g/mol. The van der Waals surface area contributed by atoms with Crippen LogP contribution in [0.4, 0.5) is 11.5 Å². The molecule has 0 bridgehead atoms. The van der Waals surface area contributed by atoms with Crippen LogP contribution in [0.2, 0.25) is 0 Å². The molecule has 0 atom stereocenters. The molecular formula is C11H17N3O2S. The molecule has 1 aromatic heterocycles. The predicted octanol–water partition coefficient (Wildman–Crippen LogP) is 3.31. The second-order valence-corrected chi connectivity index (χ2v) is 4.70. The standard InChI is InChI=1S/C11H17N3O2S/c1-3-5-12-10-7-9(14(15)16)8-11(13-10)17-6-4-2/h7-8H,3-6H2,1-2H3,(H,12,13). The fourth-order valence-electron chi connectivity index (χ4n) is 1.22. The Kier molecular flexibility index (Phi) is 5.76. The van der Waals surface area contributed by atoms with Crippen LogP contribution < -0.4 is 5.32 Å². The van der Waals surface area contributed by atoms with Crippen molar-refractivity contribution >= 4 is 23.3 Å². The smallest absolute Gasteiger partial charge is 0.275 e. The van der Waals surface area contributed by atoms with Gasteiger partial charge in [-0.1, -0.05) is 13.8 Å². The highest BCUT2D eigenvalue weighted by Gasteiger charge is 2.11. The van der Waals surface area contributed by atoms with Crippen molar-refractivity contribution in [1.82, 2.24) is 4.98 Å². The summed E-state index contributed by atoms with van der Waals surface area (Å²) in [6.45, 7) is 4.88. The van der Waals surface area contributed by atoms with Gasteiger partial charge in [0, 0.05) is 12.6 Å². The molecule has 0 aliphatic heterocycles. The summed E-state index contributed by atoms with van der Waals surface area (Å²) < 4.78 is 0. The molecule has 1 N–H and O–H groups in total. The number of hydrogen-bond donors (Lipinski definition) is 1. The van der Waals surface area contributed by atoms with Crippen molar-refractivity contribution in [3.63, 3.8) is 0 Å². The van der Waals surface area contributed by atoms with Gasteiger partial charge in [-0.15, -0.1) is 11.8 Å². The third-order valence-electron chi connectivity index (χ3n) is 2.01. The van der Waals surface area contributed by atoms with Gasteiger partial charge in [0.1, 0.15) is 10.8 Å². The molecule has 0 aliphatic carbocycles. The summed E-state index contributed by atoms with van der Waals surface area (Å²) in [5, 5.41) is 14.6. The molecule has 6 heteroatoms. The molecule has 17 heavy (non-hydrogen) atoms. The van der Waals surface area contributed by atoms with E-state index in [0.717, 1.165) is 25.1 Å². The van der Waals surface area contributed by atoms with Gasteiger partial charge >= 0.3 is 0 Å². The third-order valence-corrected chi connectivity index (χ3v) is 3.12. The molecule has 1 aromatic rings. The van der Waals surface area contributed by atoms with Crippen molar-refractivity contribution in [1.29, 1.82) is 0 Å². The summed E-state index contributed by atoms with van der Waals surface area (Å²) in [6.07, 6.45) is 1.98. The number of aromatic nitrogens is 1. The SMILES string of the molecule is CCCNc1cc([N+](=O)[O-])cc(SCCC)n1. The maximum Gasteiger partial charge on any atom is 0.275 e. The van der Waals surface area contributed by atoms with Crippen LogP contribution in [0.1, 0.15) is 26.7 Å². The maximum atomic E-state index is 10.8. The number of nitrogens with one attached hydrogen (secondary N) is 1. The van der Waals surface area contributed by atoms with E-state index in [1.165, 1.54) is 12.1 Å². The molecule has 1 rings (SSSR count). The van der Waals surface area contributed by atoms with Crippen molar-refractivity contribution in [2.75, 3.05) is 17.6 Å². The van der Waals surface area contributed by atoms with E-state index < -0.39 is 0 Å². The number of thioether (sulfide) groups is 1. The fourth-order valence-corrected chi connectivity index (χ4v) is 2.00. The number of pyridine rings is 1. The highest BCUT2D eigenvalue weighted by atomic mass is 32.2. The molecular weight excluding hydrogens is 238 g/mol. The van der Waals surface area contributed by atoms with Gasteiger partial charge in [-0.2, -0.15) is 0 Å². The number of rotatable bonds is 7. The first-order chi connectivity index (χ1) is 8.17. The minimum absolute atomic E-state index is 0.0946. The molecule has 0 unspecified atom stereocenters. The number of anilines is 1. The van der Waals surface area contributed by atoms with Crippen LogP contribution in [0.25, 0.3) is 0 Å². The van der Waals surface area contributed by atoms with E-state index in [0.29, 0.717) is 10.8 Å². The van der Waals surface area contributed by atoms with Crippen LogP contribution in [0.3, 0.4) is 0 Å². The molecule has 0 saturated carbocycles. The predicted molar refractivity (Wildman–Crippen MR) is 70.7 cm³/mol. The van der Waals surface area contributed by atoms with Gasteiger partial charge in [0.2, 0.25) is 0 Å². The Morgan fingerprint density at radius 3 is 2.76 bits per heavy atom. The van der Waals surface area contributed by atoms with Crippen LogP contribution in [0, 0.1) is 10.1 Å². The van der Waals surface area contributed by atoms with E-state index in [2.05, 4.69) is 17.2 Å². The van der Waals surface area contributed by atoms with E-state index in [4.69, 9.17) is 0 Å². The lowest BCUT2D eigenvalue weighted by Crippen LogP contribution is -2.03. The zero-order chi connectivity index (χ0) is 12.7. The molecule has 0 aliphatic rings. The first kappa shape index (κ1) is 13.8. The van der Waals surface area contributed by atoms with Gasteiger partial charge in [-0.25, -0.2) is 4.98 Å². The quantitative estimate of drug-likeness (QED) is 0.460. The molecule has 1 heterocycles. The second-order valence-electron chi connectivity index (χ2n) is 3.58. The summed E-state index contributed by atoms with van der Waals surface area (Å²) in [5.74, 6) is 1.50. The average Bonchev–Trinajstić information content (AvgIpc) is 2.33. The number of hydrogen-bond acceptors (Lipinski definition) is 5. The van der Waals surface area contributed by atoms with Crippen LogP contribution in [-0.2, 0) is 0 Å². The Morgan fingerprint density at radius 2 is 2.18 bits per heavy atom. The zero-order valence-electron chi connectivity index (χ0n) is 10.1. The van der Waals surface area contributed by atoms with Crippen molar-refractivity contribution in [2.45, 2.75) is 31.7 Å². The minimum Gasteiger partial charge on any atom is -0.370 e. The Hall–Kier alpha value is -1.30. The van der Waals surface area contributed by atoms with Gasteiger partial charge in [0.15, 0.2) is 0 Å². The Balaban J connectivity index is 2.88. The van der Waals surface area contributed by atoms with Gasteiger partial charge in [0.25, 0.3) is 5.69 Å². The minimum atomic E-state index is -0.380. The van der Waals surface area contributed by atoms with E-state index in [1.54, 1.807) is 11.8 Å². The maximum absolute atomic E-state index is 10.8. The van der Waals surface area contributed by atoms with E-state index in [9.17, 15) is 10.1 Å². The van der Waals surface area contributed by atoms with E-state index in [1.807, 2.05) is 6.92 Å².